The Hall–Kier alpha value is -1.26. The average molecular weight is 421 g/mol. The molecule has 1 atom stereocenters. The van der Waals surface area contributed by atoms with E-state index in [1.165, 1.54) is 31.2 Å². The van der Waals surface area contributed by atoms with Gasteiger partial charge in [0.1, 0.15) is 5.75 Å². The fraction of sp³-hybridized carbons (Fsp3) is 0.478. The normalized spacial score (nSPS) is 17.6. The molecule has 2 aromatic rings. The van der Waals surface area contributed by atoms with Crippen molar-refractivity contribution in [2.24, 2.45) is 0 Å². The second-order valence-electron chi connectivity index (χ2n) is 7.50. The molecule has 0 aliphatic carbocycles. The summed E-state index contributed by atoms with van der Waals surface area (Å²) in [7, 11) is 0. The first-order valence-electron chi connectivity index (χ1n) is 10.3. The number of unbranched alkanes of at least 4 members (excludes halogenated alkanes) is 3. The van der Waals surface area contributed by atoms with Gasteiger partial charge in [0, 0.05) is 38.3 Å². The fourth-order valence-corrected chi connectivity index (χ4v) is 3.96. The van der Waals surface area contributed by atoms with Crippen LogP contribution >= 0.6 is 23.2 Å². The summed E-state index contributed by atoms with van der Waals surface area (Å²) in [5, 5.41) is 4.78. The number of benzene rings is 2. The molecule has 2 aromatic carbocycles. The zero-order valence-electron chi connectivity index (χ0n) is 16.4. The predicted octanol–water partition coefficient (Wildman–Crippen LogP) is 5.80. The van der Waals surface area contributed by atoms with E-state index in [2.05, 4.69) is 40.5 Å². The van der Waals surface area contributed by atoms with E-state index < -0.39 is 0 Å². The number of nitrogens with zero attached hydrogens (tertiary/aromatic N) is 1. The van der Waals surface area contributed by atoms with Gasteiger partial charge < -0.3 is 10.1 Å². The molecule has 1 heterocycles. The number of halogens is 2. The van der Waals surface area contributed by atoms with Crippen LogP contribution in [0.15, 0.2) is 48.5 Å². The van der Waals surface area contributed by atoms with E-state index >= 15 is 0 Å². The van der Waals surface area contributed by atoms with Crippen LogP contribution in [0.3, 0.4) is 0 Å². The number of rotatable bonds is 10. The molecule has 1 aliphatic heterocycles. The van der Waals surface area contributed by atoms with E-state index in [4.69, 9.17) is 27.9 Å². The van der Waals surface area contributed by atoms with Gasteiger partial charge in [0.15, 0.2) is 0 Å². The molecule has 152 valence electrons. The van der Waals surface area contributed by atoms with Crippen LogP contribution in [-0.2, 0) is 6.54 Å². The summed E-state index contributed by atoms with van der Waals surface area (Å²) in [5.41, 5.74) is 1.41. The van der Waals surface area contributed by atoms with Crippen LogP contribution in [0.5, 0.6) is 5.75 Å². The molecule has 3 rings (SSSR count). The topological polar surface area (TPSA) is 24.5 Å². The Morgan fingerprint density at radius 1 is 0.964 bits per heavy atom. The summed E-state index contributed by atoms with van der Waals surface area (Å²) in [6.45, 7) is 5.16. The van der Waals surface area contributed by atoms with Gasteiger partial charge in [-0.1, -0.05) is 72.8 Å². The van der Waals surface area contributed by atoms with Crippen molar-refractivity contribution in [3.05, 3.63) is 64.1 Å². The highest BCUT2D eigenvalue weighted by Gasteiger charge is 2.18. The lowest BCUT2D eigenvalue weighted by Gasteiger charge is -2.33. The summed E-state index contributed by atoms with van der Waals surface area (Å²) in [6.07, 6.45) is 6.03. The van der Waals surface area contributed by atoms with Crippen LogP contribution in [0.1, 0.15) is 37.7 Å². The third kappa shape index (κ3) is 7.29. The molecular formula is C23H30Cl2N2O. The van der Waals surface area contributed by atoms with Gasteiger partial charge in [0.05, 0.1) is 16.7 Å². The summed E-state index contributed by atoms with van der Waals surface area (Å²) >= 11 is 11.9. The van der Waals surface area contributed by atoms with Crippen LogP contribution in [-0.4, -0.2) is 37.2 Å². The van der Waals surface area contributed by atoms with E-state index in [0.29, 0.717) is 16.1 Å². The van der Waals surface area contributed by atoms with Gasteiger partial charge in [-0.05, 0) is 30.5 Å². The highest BCUT2D eigenvalue weighted by Crippen LogP contribution is 2.26. The summed E-state index contributed by atoms with van der Waals surface area (Å²) in [5.74, 6) is 0.791. The first kappa shape index (κ1) is 21.4. The van der Waals surface area contributed by atoms with E-state index in [0.717, 1.165) is 45.0 Å². The van der Waals surface area contributed by atoms with Crippen molar-refractivity contribution in [3.8, 4) is 5.75 Å². The Labute approximate surface area is 179 Å². The summed E-state index contributed by atoms with van der Waals surface area (Å²) < 4.78 is 5.75. The average Bonchev–Trinajstić information content (AvgIpc) is 2.71. The maximum atomic E-state index is 6.00. The lowest BCUT2D eigenvalue weighted by molar-refractivity contribution is 0.185. The van der Waals surface area contributed by atoms with Crippen molar-refractivity contribution >= 4 is 23.2 Å². The lowest BCUT2D eigenvalue weighted by Crippen LogP contribution is -2.50. The number of nitrogens with one attached hydrogen (secondary N) is 1. The molecule has 28 heavy (non-hydrogen) atoms. The van der Waals surface area contributed by atoms with Gasteiger partial charge in [-0.25, -0.2) is 0 Å². The van der Waals surface area contributed by atoms with Gasteiger partial charge in [-0.3, -0.25) is 4.90 Å². The fourth-order valence-electron chi connectivity index (χ4n) is 3.68. The Balaban J connectivity index is 1.25. The molecule has 1 saturated heterocycles. The van der Waals surface area contributed by atoms with Gasteiger partial charge >= 0.3 is 0 Å². The van der Waals surface area contributed by atoms with E-state index in [1.807, 2.05) is 6.07 Å². The van der Waals surface area contributed by atoms with E-state index in [1.54, 1.807) is 12.1 Å². The standard InChI is InChI=1S/C23H30Cl2N2O/c24-22-12-11-21(16-23(22)25)28-15-7-2-1-6-10-20-18-27(14-13-26-20)17-19-8-4-3-5-9-19/h3-5,8-9,11-12,16,20,26H,1-2,6-7,10,13-15,17-18H2. The molecule has 1 N–H and O–H groups in total. The number of ether oxygens (including phenoxy) is 1. The van der Waals surface area contributed by atoms with Crippen LogP contribution < -0.4 is 10.1 Å². The molecule has 0 amide bonds. The third-order valence-electron chi connectivity index (χ3n) is 5.20. The van der Waals surface area contributed by atoms with Crippen molar-refractivity contribution < 1.29 is 4.74 Å². The first-order chi connectivity index (χ1) is 13.7. The number of piperazine rings is 1. The molecule has 3 nitrogen and oxygen atoms in total. The van der Waals surface area contributed by atoms with Gasteiger partial charge in [-0.15, -0.1) is 0 Å². The van der Waals surface area contributed by atoms with Gasteiger partial charge in [-0.2, -0.15) is 0 Å². The maximum Gasteiger partial charge on any atom is 0.120 e. The van der Waals surface area contributed by atoms with Gasteiger partial charge in [0.25, 0.3) is 0 Å². The maximum absolute atomic E-state index is 6.00. The minimum atomic E-state index is 0.542. The molecule has 5 heteroatoms. The molecule has 0 saturated carbocycles. The molecule has 0 aromatic heterocycles. The highest BCUT2D eigenvalue weighted by molar-refractivity contribution is 6.42. The predicted molar refractivity (Wildman–Crippen MR) is 119 cm³/mol. The van der Waals surface area contributed by atoms with Crippen molar-refractivity contribution in [1.29, 1.82) is 0 Å². The Kier molecular flexibility index (Phi) is 8.94. The zero-order valence-corrected chi connectivity index (χ0v) is 17.9. The van der Waals surface area contributed by atoms with Crippen LogP contribution in [0.2, 0.25) is 10.0 Å². The number of hydrogen-bond acceptors (Lipinski definition) is 3. The minimum absolute atomic E-state index is 0.542. The minimum Gasteiger partial charge on any atom is -0.494 e. The lowest BCUT2D eigenvalue weighted by atomic mass is 10.0. The molecule has 0 radical (unpaired) electrons. The smallest absolute Gasteiger partial charge is 0.120 e. The molecule has 0 spiro atoms. The van der Waals surface area contributed by atoms with Crippen molar-refractivity contribution in [2.45, 2.75) is 44.7 Å². The Bertz CT molecular complexity index is 711. The molecule has 1 unspecified atom stereocenters. The molecular weight excluding hydrogens is 391 g/mol. The largest absolute Gasteiger partial charge is 0.494 e. The van der Waals surface area contributed by atoms with E-state index in [-0.39, 0.29) is 0 Å². The zero-order chi connectivity index (χ0) is 19.6. The second-order valence-corrected chi connectivity index (χ2v) is 8.31. The highest BCUT2D eigenvalue weighted by atomic mass is 35.5. The van der Waals surface area contributed by atoms with Crippen molar-refractivity contribution in [3.63, 3.8) is 0 Å². The summed E-state index contributed by atoms with van der Waals surface area (Å²) in [4.78, 5) is 2.57. The number of hydrogen-bond donors (Lipinski definition) is 1. The first-order valence-corrected chi connectivity index (χ1v) is 11.0. The second kappa shape index (κ2) is 11.7. The van der Waals surface area contributed by atoms with Crippen molar-refractivity contribution in [2.75, 3.05) is 26.2 Å². The Morgan fingerprint density at radius 2 is 1.79 bits per heavy atom. The summed E-state index contributed by atoms with van der Waals surface area (Å²) in [6, 6.07) is 16.8. The molecule has 1 aliphatic rings. The quantitative estimate of drug-likeness (QED) is 0.491. The molecule has 0 bridgehead atoms. The monoisotopic (exact) mass is 420 g/mol. The van der Waals surface area contributed by atoms with Crippen LogP contribution in [0.25, 0.3) is 0 Å². The van der Waals surface area contributed by atoms with E-state index in [9.17, 15) is 0 Å². The SMILES string of the molecule is Clc1ccc(OCCCCCCC2CN(Cc3ccccc3)CCN2)cc1Cl. The Morgan fingerprint density at radius 3 is 2.61 bits per heavy atom. The van der Waals surface area contributed by atoms with Crippen LogP contribution in [0.4, 0.5) is 0 Å². The van der Waals surface area contributed by atoms with Gasteiger partial charge in [0.2, 0.25) is 0 Å². The van der Waals surface area contributed by atoms with Crippen LogP contribution in [0, 0.1) is 0 Å². The van der Waals surface area contributed by atoms with Crippen molar-refractivity contribution in [1.82, 2.24) is 10.2 Å². The third-order valence-corrected chi connectivity index (χ3v) is 5.93. The molecule has 1 fully saturated rings.